The minimum Gasteiger partial charge on any atom is -0.497 e. The van der Waals surface area contributed by atoms with E-state index in [-0.39, 0.29) is 12.2 Å². The second-order valence-electron chi connectivity index (χ2n) is 4.93. The summed E-state index contributed by atoms with van der Waals surface area (Å²) in [6, 6.07) is 7.66. The summed E-state index contributed by atoms with van der Waals surface area (Å²) in [7, 11) is 1.64. The average Bonchev–Trinajstić information content (AvgIpc) is 2.27. The maximum Gasteiger partial charge on any atom is 0.119 e. The molecular weight excluding hydrogens is 216 g/mol. The summed E-state index contributed by atoms with van der Waals surface area (Å²) >= 11 is 0. The number of benzene rings is 1. The average molecular weight is 236 g/mol. The molecule has 1 heterocycles. The predicted molar refractivity (Wildman–Crippen MR) is 66.1 cm³/mol. The van der Waals surface area contributed by atoms with Gasteiger partial charge in [-0.25, -0.2) is 0 Å². The molecule has 1 aliphatic heterocycles. The quantitative estimate of drug-likeness (QED) is 0.857. The molecule has 0 saturated carbocycles. The first-order chi connectivity index (χ1) is 8.03. The van der Waals surface area contributed by atoms with Crippen molar-refractivity contribution in [2.24, 2.45) is 0 Å². The maximum absolute atomic E-state index is 10.8. The van der Waals surface area contributed by atoms with Crippen LogP contribution in [0.2, 0.25) is 0 Å². The van der Waals surface area contributed by atoms with Gasteiger partial charge in [0.1, 0.15) is 5.75 Å². The molecule has 0 aromatic heterocycles. The number of aliphatic hydroxyl groups is 1. The zero-order chi connectivity index (χ0) is 12.5. The Kier molecular flexibility index (Phi) is 3.40. The molecule has 1 aliphatic rings. The van der Waals surface area contributed by atoms with E-state index in [2.05, 4.69) is 0 Å². The number of ether oxygens (including phenoxy) is 2. The van der Waals surface area contributed by atoms with E-state index in [1.807, 2.05) is 38.1 Å². The fourth-order valence-electron chi connectivity index (χ4n) is 2.68. The van der Waals surface area contributed by atoms with Crippen molar-refractivity contribution < 1.29 is 14.6 Å². The van der Waals surface area contributed by atoms with Crippen LogP contribution in [0, 0.1) is 0 Å². The zero-order valence-corrected chi connectivity index (χ0v) is 10.6. The van der Waals surface area contributed by atoms with Crippen LogP contribution in [0.1, 0.15) is 32.3 Å². The standard InChI is InChI=1S/C14H20O3/c1-10-8-14(15,9-11(2)17-10)12-5-4-6-13(7-12)16-3/h4-7,10-11,15H,8-9H2,1-3H3. The van der Waals surface area contributed by atoms with E-state index in [1.165, 1.54) is 0 Å². The number of hydrogen-bond acceptors (Lipinski definition) is 3. The summed E-state index contributed by atoms with van der Waals surface area (Å²) in [5, 5.41) is 10.8. The van der Waals surface area contributed by atoms with E-state index in [9.17, 15) is 5.11 Å². The third-order valence-corrected chi connectivity index (χ3v) is 3.32. The largest absolute Gasteiger partial charge is 0.497 e. The third kappa shape index (κ3) is 2.61. The molecule has 3 nitrogen and oxygen atoms in total. The molecule has 0 bridgehead atoms. The van der Waals surface area contributed by atoms with Gasteiger partial charge in [0.25, 0.3) is 0 Å². The summed E-state index contributed by atoms with van der Waals surface area (Å²) in [6.07, 6.45) is 1.42. The van der Waals surface area contributed by atoms with Crippen molar-refractivity contribution in [2.75, 3.05) is 7.11 Å². The minimum absolute atomic E-state index is 0.0787. The molecule has 0 radical (unpaired) electrons. The Labute approximate surface area is 102 Å². The van der Waals surface area contributed by atoms with Gasteiger partial charge in [-0.2, -0.15) is 0 Å². The first kappa shape index (κ1) is 12.4. The molecular formula is C14H20O3. The monoisotopic (exact) mass is 236 g/mol. The molecule has 2 rings (SSSR count). The van der Waals surface area contributed by atoms with Crippen molar-refractivity contribution in [3.05, 3.63) is 29.8 Å². The zero-order valence-electron chi connectivity index (χ0n) is 10.6. The molecule has 0 amide bonds. The van der Waals surface area contributed by atoms with Crippen LogP contribution in [0.3, 0.4) is 0 Å². The first-order valence-electron chi connectivity index (χ1n) is 6.06. The van der Waals surface area contributed by atoms with Gasteiger partial charge in [-0.1, -0.05) is 12.1 Å². The Bertz CT molecular complexity index is 379. The van der Waals surface area contributed by atoms with Crippen LogP contribution in [-0.4, -0.2) is 24.4 Å². The molecule has 1 saturated heterocycles. The fourth-order valence-corrected chi connectivity index (χ4v) is 2.68. The Morgan fingerprint density at radius 2 is 1.94 bits per heavy atom. The van der Waals surface area contributed by atoms with Crippen LogP contribution < -0.4 is 4.74 Å². The molecule has 1 aromatic carbocycles. The number of hydrogen-bond donors (Lipinski definition) is 1. The molecule has 0 spiro atoms. The van der Waals surface area contributed by atoms with E-state index < -0.39 is 5.60 Å². The molecule has 1 aromatic rings. The minimum atomic E-state index is -0.800. The van der Waals surface area contributed by atoms with E-state index >= 15 is 0 Å². The Hall–Kier alpha value is -1.06. The summed E-state index contributed by atoms with van der Waals surface area (Å²) in [5.41, 5.74) is 0.116. The lowest BCUT2D eigenvalue weighted by Crippen LogP contribution is -2.41. The number of rotatable bonds is 2. The highest BCUT2D eigenvalue weighted by molar-refractivity contribution is 5.32. The second kappa shape index (κ2) is 4.67. The van der Waals surface area contributed by atoms with E-state index in [0.717, 1.165) is 11.3 Å². The van der Waals surface area contributed by atoms with Crippen LogP contribution >= 0.6 is 0 Å². The lowest BCUT2D eigenvalue weighted by atomic mass is 9.81. The van der Waals surface area contributed by atoms with Crippen LogP contribution in [0.25, 0.3) is 0 Å². The van der Waals surface area contributed by atoms with E-state index in [1.54, 1.807) is 7.11 Å². The van der Waals surface area contributed by atoms with E-state index in [0.29, 0.717) is 12.8 Å². The lowest BCUT2D eigenvalue weighted by Gasteiger charge is -2.39. The normalized spacial score (nSPS) is 33.4. The van der Waals surface area contributed by atoms with Crippen LogP contribution in [-0.2, 0) is 10.3 Å². The van der Waals surface area contributed by atoms with Crippen molar-refractivity contribution in [2.45, 2.75) is 44.5 Å². The van der Waals surface area contributed by atoms with E-state index in [4.69, 9.17) is 9.47 Å². The van der Waals surface area contributed by atoms with Gasteiger partial charge in [-0.3, -0.25) is 0 Å². The molecule has 3 heteroatoms. The second-order valence-corrected chi connectivity index (χ2v) is 4.93. The van der Waals surface area contributed by atoms with Gasteiger partial charge in [-0.05, 0) is 31.5 Å². The van der Waals surface area contributed by atoms with Crippen LogP contribution in [0.4, 0.5) is 0 Å². The van der Waals surface area contributed by atoms with Gasteiger partial charge in [0.2, 0.25) is 0 Å². The lowest BCUT2D eigenvalue weighted by molar-refractivity contribution is -0.135. The van der Waals surface area contributed by atoms with Gasteiger partial charge < -0.3 is 14.6 Å². The number of methoxy groups -OCH3 is 1. The van der Waals surface area contributed by atoms with Crippen molar-refractivity contribution in [1.82, 2.24) is 0 Å². The van der Waals surface area contributed by atoms with Gasteiger partial charge in [0, 0.05) is 12.8 Å². The first-order valence-corrected chi connectivity index (χ1v) is 6.06. The molecule has 1 fully saturated rings. The van der Waals surface area contributed by atoms with Crippen LogP contribution in [0.15, 0.2) is 24.3 Å². The van der Waals surface area contributed by atoms with Crippen molar-refractivity contribution >= 4 is 0 Å². The van der Waals surface area contributed by atoms with Gasteiger partial charge in [-0.15, -0.1) is 0 Å². The van der Waals surface area contributed by atoms with Crippen molar-refractivity contribution in [1.29, 1.82) is 0 Å². The third-order valence-electron chi connectivity index (χ3n) is 3.32. The predicted octanol–water partition coefficient (Wildman–Crippen LogP) is 2.47. The molecule has 94 valence electrons. The molecule has 0 aliphatic carbocycles. The molecule has 17 heavy (non-hydrogen) atoms. The summed E-state index contributed by atoms with van der Waals surface area (Å²) in [4.78, 5) is 0. The smallest absolute Gasteiger partial charge is 0.119 e. The Morgan fingerprint density at radius 1 is 1.29 bits per heavy atom. The summed E-state index contributed by atoms with van der Waals surface area (Å²) in [6.45, 7) is 4.00. The highest BCUT2D eigenvalue weighted by Crippen LogP contribution is 2.38. The Balaban J connectivity index is 2.29. The highest BCUT2D eigenvalue weighted by atomic mass is 16.5. The molecule has 2 unspecified atom stereocenters. The maximum atomic E-state index is 10.8. The van der Waals surface area contributed by atoms with Crippen LogP contribution in [0.5, 0.6) is 5.75 Å². The van der Waals surface area contributed by atoms with Crippen molar-refractivity contribution in [3.8, 4) is 5.75 Å². The molecule has 1 N–H and O–H groups in total. The fraction of sp³-hybridized carbons (Fsp3) is 0.571. The molecule has 2 atom stereocenters. The topological polar surface area (TPSA) is 38.7 Å². The summed E-state index contributed by atoms with van der Waals surface area (Å²) < 4.78 is 10.9. The van der Waals surface area contributed by atoms with Gasteiger partial charge >= 0.3 is 0 Å². The van der Waals surface area contributed by atoms with Gasteiger partial charge in [0.15, 0.2) is 0 Å². The SMILES string of the molecule is COc1cccc(C2(O)CC(C)OC(C)C2)c1. The summed E-state index contributed by atoms with van der Waals surface area (Å²) in [5.74, 6) is 0.780. The van der Waals surface area contributed by atoms with Crippen molar-refractivity contribution in [3.63, 3.8) is 0 Å². The Morgan fingerprint density at radius 3 is 2.53 bits per heavy atom. The van der Waals surface area contributed by atoms with Gasteiger partial charge in [0.05, 0.1) is 24.9 Å². The highest BCUT2D eigenvalue weighted by Gasteiger charge is 2.38.